The molecule has 3 aliphatic carbocycles. The molecule has 3 rings (SSSR count). The van der Waals surface area contributed by atoms with E-state index in [0.29, 0.717) is 12.6 Å². The average Bonchev–Trinajstić information content (AvgIpc) is 2.98. The van der Waals surface area contributed by atoms with Gasteiger partial charge in [-0.05, 0) is 44.9 Å². The summed E-state index contributed by atoms with van der Waals surface area (Å²) < 4.78 is 6.25. The van der Waals surface area contributed by atoms with Gasteiger partial charge in [-0.2, -0.15) is 0 Å². The van der Waals surface area contributed by atoms with Crippen molar-refractivity contribution in [2.75, 3.05) is 6.54 Å². The summed E-state index contributed by atoms with van der Waals surface area (Å²) in [5.74, 6) is 0. The van der Waals surface area contributed by atoms with Crippen LogP contribution in [0.15, 0.2) is 0 Å². The lowest BCUT2D eigenvalue weighted by Gasteiger charge is -2.37. The SMILES string of the molecule is O=C(NCC1(O)CCC1)NC1CCCCC1OC1CCCC1. The molecular formula is C17H30N2O3. The van der Waals surface area contributed by atoms with Crippen LogP contribution in [0, 0.1) is 0 Å². The van der Waals surface area contributed by atoms with Gasteiger partial charge in [-0.1, -0.05) is 25.7 Å². The van der Waals surface area contributed by atoms with Gasteiger partial charge in [0.25, 0.3) is 0 Å². The molecule has 2 unspecified atom stereocenters. The van der Waals surface area contributed by atoms with Crippen LogP contribution >= 0.6 is 0 Å². The summed E-state index contributed by atoms with van der Waals surface area (Å²) in [5.41, 5.74) is -0.663. The molecule has 0 aromatic carbocycles. The number of amides is 2. The van der Waals surface area contributed by atoms with Crippen LogP contribution < -0.4 is 10.6 Å². The van der Waals surface area contributed by atoms with Crippen molar-refractivity contribution < 1.29 is 14.6 Å². The van der Waals surface area contributed by atoms with Crippen LogP contribution in [-0.2, 0) is 4.74 Å². The molecular weight excluding hydrogens is 280 g/mol. The highest BCUT2D eigenvalue weighted by molar-refractivity contribution is 5.74. The Hall–Kier alpha value is -0.810. The van der Waals surface area contributed by atoms with Crippen LogP contribution in [0.2, 0.25) is 0 Å². The smallest absolute Gasteiger partial charge is 0.315 e. The Bertz CT molecular complexity index is 378. The van der Waals surface area contributed by atoms with E-state index in [2.05, 4.69) is 10.6 Å². The number of aliphatic hydroxyl groups is 1. The Kier molecular flexibility index (Phi) is 5.24. The Morgan fingerprint density at radius 2 is 1.73 bits per heavy atom. The number of urea groups is 1. The fourth-order valence-corrected chi connectivity index (χ4v) is 3.92. The van der Waals surface area contributed by atoms with Crippen molar-refractivity contribution in [2.24, 2.45) is 0 Å². The summed E-state index contributed by atoms with van der Waals surface area (Å²) in [4.78, 5) is 12.1. The second-order valence-corrected chi connectivity index (χ2v) is 7.38. The number of ether oxygens (including phenoxy) is 1. The van der Waals surface area contributed by atoms with Crippen molar-refractivity contribution in [1.29, 1.82) is 0 Å². The highest BCUT2D eigenvalue weighted by Gasteiger charge is 2.35. The Balaban J connectivity index is 1.44. The van der Waals surface area contributed by atoms with Gasteiger partial charge in [-0.15, -0.1) is 0 Å². The minimum atomic E-state index is -0.663. The van der Waals surface area contributed by atoms with E-state index >= 15 is 0 Å². The third kappa shape index (κ3) is 4.13. The molecule has 0 heterocycles. The number of carbonyl (C=O) groups excluding carboxylic acids is 1. The van der Waals surface area contributed by atoms with E-state index in [9.17, 15) is 9.90 Å². The van der Waals surface area contributed by atoms with Gasteiger partial charge in [0.1, 0.15) is 0 Å². The first kappa shape index (κ1) is 16.1. The molecule has 0 aromatic rings. The van der Waals surface area contributed by atoms with Gasteiger partial charge in [-0.3, -0.25) is 0 Å². The maximum absolute atomic E-state index is 12.1. The highest BCUT2D eigenvalue weighted by Crippen LogP contribution is 2.31. The average molecular weight is 310 g/mol. The first-order chi connectivity index (χ1) is 10.6. The zero-order valence-electron chi connectivity index (χ0n) is 13.5. The second-order valence-electron chi connectivity index (χ2n) is 7.38. The molecule has 5 nitrogen and oxygen atoms in total. The summed E-state index contributed by atoms with van der Waals surface area (Å²) in [5, 5.41) is 15.9. The van der Waals surface area contributed by atoms with Gasteiger partial charge in [-0.25, -0.2) is 4.79 Å². The Morgan fingerprint density at radius 3 is 2.41 bits per heavy atom. The predicted octanol–water partition coefficient (Wildman–Crippen LogP) is 2.47. The fourth-order valence-electron chi connectivity index (χ4n) is 3.92. The molecule has 2 atom stereocenters. The standard InChI is InChI=1S/C17H30N2O3/c20-16(18-12-17(21)10-5-11-17)19-14-8-3-4-9-15(14)22-13-6-1-2-7-13/h13-15,21H,1-12H2,(H2,18,19,20). The Morgan fingerprint density at radius 1 is 1.05 bits per heavy atom. The first-order valence-electron chi connectivity index (χ1n) is 9.07. The third-order valence-corrected chi connectivity index (χ3v) is 5.55. The van der Waals surface area contributed by atoms with E-state index < -0.39 is 5.60 Å². The monoisotopic (exact) mass is 310 g/mol. The molecule has 0 aliphatic heterocycles. The lowest BCUT2D eigenvalue weighted by molar-refractivity contribution is -0.0420. The number of rotatable bonds is 5. The summed E-state index contributed by atoms with van der Waals surface area (Å²) in [7, 11) is 0. The molecule has 3 fully saturated rings. The van der Waals surface area contributed by atoms with E-state index in [1.165, 1.54) is 32.1 Å². The van der Waals surface area contributed by atoms with Gasteiger partial charge >= 0.3 is 6.03 Å². The summed E-state index contributed by atoms with van der Waals surface area (Å²) >= 11 is 0. The van der Waals surface area contributed by atoms with Crippen molar-refractivity contribution in [3.05, 3.63) is 0 Å². The van der Waals surface area contributed by atoms with E-state index in [1.54, 1.807) is 0 Å². The molecule has 22 heavy (non-hydrogen) atoms. The molecule has 3 aliphatic rings. The fraction of sp³-hybridized carbons (Fsp3) is 0.941. The molecule has 0 radical (unpaired) electrons. The van der Waals surface area contributed by atoms with Crippen LogP contribution in [0.5, 0.6) is 0 Å². The lowest BCUT2D eigenvalue weighted by Crippen LogP contribution is -2.54. The number of hydrogen-bond donors (Lipinski definition) is 3. The maximum Gasteiger partial charge on any atom is 0.315 e. The van der Waals surface area contributed by atoms with Crippen molar-refractivity contribution in [3.8, 4) is 0 Å². The van der Waals surface area contributed by atoms with Crippen molar-refractivity contribution in [1.82, 2.24) is 10.6 Å². The molecule has 5 heteroatoms. The van der Waals surface area contributed by atoms with Crippen LogP contribution in [0.4, 0.5) is 4.79 Å². The van der Waals surface area contributed by atoms with Crippen molar-refractivity contribution in [3.63, 3.8) is 0 Å². The van der Waals surface area contributed by atoms with Gasteiger partial charge in [0, 0.05) is 6.54 Å². The van der Waals surface area contributed by atoms with Crippen molar-refractivity contribution >= 4 is 6.03 Å². The van der Waals surface area contributed by atoms with E-state index in [4.69, 9.17) is 4.74 Å². The van der Waals surface area contributed by atoms with Crippen LogP contribution in [0.1, 0.15) is 70.6 Å². The zero-order chi connectivity index (χ0) is 15.4. The second kappa shape index (κ2) is 7.18. The zero-order valence-corrected chi connectivity index (χ0v) is 13.5. The van der Waals surface area contributed by atoms with Crippen LogP contribution in [0.3, 0.4) is 0 Å². The molecule has 3 saturated carbocycles. The molecule has 2 amide bonds. The molecule has 126 valence electrons. The first-order valence-corrected chi connectivity index (χ1v) is 9.07. The van der Waals surface area contributed by atoms with Gasteiger partial charge in [0.2, 0.25) is 0 Å². The summed E-state index contributed by atoms with van der Waals surface area (Å²) in [6.45, 7) is 0.361. The molecule has 0 aromatic heterocycles. The summed E-state index contributed by atoms with van der Waals surface area (Å²) in [6.07, 6.45) is 12.5. The minimum absolute atomic E-state index is 0.116. The lowest BCUT2D eigenvalue weighted by atomic mass is 9.80. The third-order valence-electron chi connectivity index (χ3n) is 5.55. The largest absolute Gasteiger partial charge is 0.388 e. The normalized spacial score (nSPS) is 31.5. The van der Waals surface area contributed by atoms with E-state index in [1.807, 2.05) is 0 Å². The number of hydrogen-bond acceptors (Lipinski definition) is 3. The molecule has 0 spiro atoms. The number of nitrogens with one attached hydrogen (secondary N) is 2. The molecule has 3 N–H and O–H groups in total. The topological polar surface area (TPSA) is 70.6 Å². The quantitative estimate of drug-likeness (QED) is 0.730. The van der Waals surface area contributed by atoms with Gasteiger partial charge in [0.05, 0.1) is 23.9 Å². The van der Waals surface area contributed by atoms with E-state index in [-0.39, 0.29) is 18.2 Å². The predicted molar refractivity (Wildman–Crippen MR) is 84.7 cm³/mol. The number of carbonyl (C=O) groups is 1. The van der Waals surface area contributed by atoms with Crippen LogP contribution in [-0.4, -0.2) is 41.5 Å². The maximum atomic E-state index is 12.1. The molecule has 0 saturated heterocycles. The van der Waals surface area contributed by atoms with E-state index in [0.717, 1.165) is 38.5 Å². The minimum Gasteiger partial charge on any atom is -0.388 e. The van der Waals surface area contributed by atoms with Gasteiger partial charge < -0.3 is 20.5 Å². The van der Waals surface area contributed by atoms with Crippen LogP contribution in [0.25, 0.3) is 0 Å². The van der Waals surface area contributed by atoms with Crippen molar-refractivity contribution in [2.45, 2.75) is 94.5 Å². The molecule has 0 bridgehead atoms. The Labute approximate surface area is 133 Å². The van der Waals surface area contributed by atoms with Gasteiger partial charge in [0.15, 0.2) is 0 Å². The summed E-state index contributed by atoms with van der Waals surface area (Å²) in [6, 6.07) is -0.0439. The highest BCUT2D eigenvalue weighted by atomic mass is 16.5.